The van der Waals surface area contributed by atoms with E-state index in [4.69, 9.17) is 0 Å². The standard InChI is InChI=1S/C8H14N4O2S/c1-15(13,14)12-5-4-9-6-8-2-3-10-7-11-8/h2-3,7,9,12H,4-6H2,1H3. The fourth-order valence-electron chi connectivity index (χ4n) is 0.964. The van der Waals surface area contributed by atoms with Crippen LogP contribution in [0.5, 0.6) is 0 Å². The number of hydrogen-bond acceptors (Lipinski definition) is 5. The summed E-state index contributed by atoms with van der Waals surface area (Å²) in [7, 11) is -3.08. The van der Waals surface area contributed by atoms with Crippen molar-refractivity contribution in [1.82, 2.24) is 20.0 Å². The molecule has 0 spiro atoms. The fraction of sp³-hybridized carbons (Fsp3) is 0.500. The van der Waals surface area contributed by atoms with Crippen molar-refractivity contribution in [1.29, 1.82) is 0 Å². The van der Waals surface area contributed by atoms with Crippen LogP contribution in [0.15, 0.2) is 18.6 Å². The van der Waals surface area contributed by atoms with Crippen LogP contribution in [0.1, 0.15) is 5.69 Å². The Morgan fingerprint density at radius 3 is 2.80 bits per heavy atom. The highest BCUT2D eigenvalue weighted by Gasteiger charge is 1.98. The lowest BCUT2D eigenvalue weighted by Crippen LogP contribution is -2.30. The molecule has 0 unspecified atom stereocenters. The van der Waals surface area contributed by atoms with Crippen molar-refractivity contribution in [2.24, 2.45) is 0 Å². The fourth-order valence-corrected chi connectivity index (χ4v) is 1.44. The molecular formula is C8H14N4O2S. The van der Waals surface area contributed by atoms with Gasteiger partial charge in [-0.3, -0.25) is 0 Å². The highest BCUT2D eigenvalue weighted by atomic mass is 32.2. The van der Waals surface area contributed by atoms with Crippen molar-refractivity contribution in [3.63, 3.8) is 0 Å². The van der Waals surface area contributed by atoms with Crippen molar-refractivity contribution in [3.05, 3.63) is 24.3 Å². The van der Waals surface area contributed by atoms with Crippen molar-refractivity contribution >= 4 is 10.0 Å². The minimum atomic E-state index is -3.08. The zero-order valence-corrected chi connectivity index (χ0v) is 9.29. The molecule has 7 heteroatoms. The van der Waals surface area contributed by atoms with Crippen molar-refractivity contribution in [3.8, 4) is 0 Å². The zero-order chi connectivity index (χ0) is 11.1. The van der Waals surface area contributed by atoms with Crippen LogP contribution in [0.2, 0.25) is 0 Å². The van der Waals surface area contributed by atoms with E-state index in [0.29, 0.717) is 19.6 Å². The van der Waals surface area contributed by atoms with Gasteiger partial charge in [-0.15, -0.1) is 0 Å². The van der Waals surface area contributed by atoms with E-state index in [0.717, 1.165) is 11.9 Å². The summed E-state index contributed by atoms with van der Waals surface area (Å²) < 4.78 is 23.8. The predicted molar refractivity (Wildman–Crippen MR) is 56.6 cm³/mol. The van der Waals surface area contributed by atoms with E-state index in [1.165, 1.54) is 6.33 Å². The molecule has 0 aliphatic heterocycles. The van der Waals surface area contributed by atoms with Crippen molar-refractivity contribution < 1.29 is 8.42 Å². The minimum Gasteiger partial charge on any atom is -0.310 e. The smallest absolute Gasteiger partial charge is 0.208 e. The van der Waals surface area contributed by atoms with Gasteiger partial charge in [0.1, 0.15) is 6.33 Å². The molecular weight excluding hydrogens is 216 g/mol. The monoisotopic (exact) mass is 230 g/mol. The first-order valence-electron chi connectivity index (χ1n) is 4.48. The summed E-state index contributed by atoms with van der Waals surface area (Å²) in [5, 5.41) is 3.06. The topological polar surface area (TPSA) is 84.0 Å². The number of hydrogen-bond donors (Lipinski definition) is 2. The molecule has 1 aromatic rings. The summed E-state index contributed by atoms with van der Waals surface area (Å²) in [6.07, 6.45) is 4.28. The third-order valence-corrected chi connectivity index (χ3v) is 2.34. The van der Waals surface area contributed by atoms with Gasteiger partial charge in [0.25, 0.3) is 0 Å². The van der Waals surface area contributed by atoms with E-state index in [-0.39, 0.29) is 0 Å². The highest BCUT2D eigenvalue weighted by Crippen LogP contribution is 1.88. The quantitative estimate of drug-likeness (QED) is 0.620. The largest absolute Gasteiger partial charge is 0.310 e. The summed E-state index contributed by atoms with van der Waals surface area (Å²) in [5.74, 6) is 0. The SMILES string of the molecule is CS(=O)(=O)NCCNCc1ccncn1. The molecule has 84 valence electrons. The van der Waals surface area contributed by atoms with Crippen LogP contribution < -0.4 is 10.0 Å². The molecule has 6 nitrogen and oxygen atoms in total. The van der Waals surface area contributed by atoms with E-state index in [2.05, 4.69) is 20.0 Å². The number of rotatable bonds is 6. The first-order chi connectivity index (χ1) is 7.08. The maximum atomic E-state index is 10.7. The second-order valence-electron chi connectivity index (χ2n) is 3.04. The Labute approximate surface area is 89.2 Å². The number of sulfonamides is 1. The molecule has 0 radical (unpaired) electrons. The van der Waals surface area contributed by atoms with E-state index < -0.39 is 10.0 Å². The number of nitrogens with one attached hydrogen (secondary N) is 2. The maximum Gasteiger partial charge on any atom is 0.208 e. The van der Waals surface area contributed by atoms with Crippen molar-refractivity contribution in [2.75, 3.05) is 19.3 Å². The van der Waals surface area contributed by atoms with Crippen LogP contribution in [0.25, 0.3) is 0 Å². The Balaban J connectivity index is 2.13. The molecule has 0 fully saturated rings. The van der Waals surface area contributed by atoms with Crippen LogP contribution in [0, 0.1) is 0 Å². The van der Waals surface area contributed by atoms with Crippen LogP contribution in [0.4, 0.5) is 0 Å². The van der Waals surface area contributed by atoms with Gasteiger partial charge in [-0.2, -0.15) is 0 Å². The molecule has 2 N–H and O–H groups in total. The molecule has 15 heavy (non-hydrogen) atoms. The highest BCUT2D eigenvalue weighted by molar-refractivity contribution is 7.88. The van der Waals surface area contributed by atoms with Crippen LogP contribution >= 0.6 is 0 Å². The van der Waals surface area contributed by atoms with Gasteiger partial charge in [0, 0.05) is 25.8 Å². The summed E-state index contributed by atoms with van der Waals surface area (Å²) in [5.41, 5.74) is 0.879. The molecule has 1 heterocycles. The van der Waals surface area contributed by atoms with Crippen LogP contribution in [-0.4, -0.2) is 37.7 Å². The molecule has 0 aliphatic carbocycles. The molecule has 0 aromatic carbocycles. The molecule has 0 atom stereocenters. The van der Waals surface area contributed by atoms with E-state index in [1.807, 2.05) is 0 Å². The lowest BCUT2D eigenvalue weighted by molar-refractivity contribution is 0.581. The second kappa shape index (κ2) is 5.74. The maximum absolute atomic E-state index is 10.7. The molecule has 1 aromatic heterocycles. The Hall–Kier alpha value is -1.05. The molecule has 0 saturated carbocycles. The molecule has 0 aliphatic rings. The lowest BCUT2D eigenvalue weighted by atomic mass is 10.4. The Morgan fingerprint density at radius 2 is 2.20 bits per heavy atom. The van der Waals surface area contributed by atoms with Gasteiger partial charge in [-0.05, 0) is 6.07 Å². The average Bonchev–Trinajstić information content (AvgIpc) is 2.17. The van der Waals surface area contributed by atoms with E-state index >= 15 is 0 Å². The normalized spacial score (nSPS) is 11.5. The molecule has 0 bridgehead atoms. The van der Waals surface area contributed by atoms with Crippen molar-refractivity contribution in [2.45, 2.75) is 6.54 Å². The molecule has 0 amide bonds. The number of nitrogens with zero attached hydrogens (tertiary/aromatic N) is 2. The second-order valence-corrected chi connectivity index (χ2v) is 4.88. The Morgan fingerprint density at radius 1 is 1.40 bits per heavy atom. The van der Waals surface area contributed by atoms with Gasteiger partial charge in [0.05, 0.1) is 11.9 Å². The third-order valence-electron chi connectivity index (χ3n) is 1.62. The third kappa shape index (κ3) is 6.10. The van der Waals surface area contributed by atoms with Gasteiger partial charge >= 0.3 is 0 Å². The van der Waals surface area contributed by atoms with Crippen LogP contribution in [0.3, 0.4) is 0 Å². The molecule has 1 rings (SSSR count). The van der Waals surface area contributed by atoms with Crippen LogP contribution in [-0.2, 0) is 16.6 Å². The molecule has 0 saturated heterocycles. The van der Waals surface area contributed by atoms with Gasteiger partial charge in [0.2, 0.25) is 10.0 Å². The Bertz CT molecular complexity index is 379. The summed E-state index contributed by atoms with van der Waals surface area (Å²) >= 11 is 0. The van der Waals surface area contributed by atoms with Gasteiger partial charge in [-0.25, -0.2) is 23.1 Å². The number of aromatic nitrogens is 2. The first-order valence-corrected chi connectivity index (χ1v) is 6.37. The predicted octanol–water partition coefficient (Wildman–Crippen LogP) is -0.885. The van der Waals surface area contributed by atoms with E-state index in [1.54, 1.807) is 12.3 Å². The lowest BCUT2D eigenvalue weighted by Gasteiger charge is -2.04. The zero-order valence-electron chi connectivity index (χ0n) is 8.47. The minimum absolute atomic E-state index is 0.379. The summed E-state index contributed by atoms with van der Waals surface area (Å²) in [6.45, 7) is 1.55. The first kappa shape index (κ1) is 12.0. The summed E-state index contributed by atoms with van der Waals surface area (Å²) in [4.78, 5) is 7.80. The summed E-state index contributed by atoms with van der Waals surface area (Å²) in [6, 6.07) is 1.80. The van der Waals surface area contributed by atoms with Gasteiger partial charge in [-0.1, -0.05) is 0 Å². The van der Waals surface area contributed by atoms with Gasteiger partial charge < -0.3 is 5.32 Å². The van der Waals surface area contributed by atoms with Gasteiger partial charge in [0.15, 0.2) is 0 Å². The Kier molecular flexibility index (Phi) is 4.60. The average molecular weight is 230 g/mol. The van der Waals surface area contributed by atoms with E-state index in [9.17, 15) is 8.42 Å².